The molecule has 0 aliphatic heterocycles. The van der Waals surface area contributed by atoms with Crippen LogP contribution in [-0.2, 0) is 17.9 Å². The Balaban J connectivity index is 2.42. The number of Topliss-reactive ketones (excluding diaryl/α,β-unsaturated/α-hetero) is 1. The van der Waals surface area contributed by atoms with Gasteiger partial charge in [0.05, 0.1) is 12.1 Å². The molecule has 2 aromatic rings. The highest BCUT2D eigenvalue weighted by atomic mass is 16.3. The molecule has 1 amide bonds. The van der Waals surface area contributed by atoms with E-state index in [1.54, 1.807) is 10.7 Å². The fraction of sp³-hybridized carbons (Fsp3) is 0.609. The fourth-order valence-electron chi connectivity index (χ4n) is 3.25. The molecule has 0 saturated heterocycles. The molecule has 1 aromatic carbocycles. The van der Waals surface area contributed by atoms with Crippen LogP contribution in [0.4, 0.5) is 0 Å². The van der Waals surface area contributed by atoms with Gasteiger partial charge in [-0.25, -0.2) is 0 Å². The number of unbranched alkanes of at least 4 members (excludes halogenated alkanes) is 2. The maximum atomic E-state index is 13.0. The third-order valence-corrected chi connectivity index (χ3v) is 5.10. The molecule has 0 aliphatic rings. The number of aliphatic hydroxyl groups excluding tert-OH is 1. The Labute approximate surface area is 173 Å². The first-order valence-electron chi connectivity index (χ1n) is 10.7. The number of aromatic nitrogens is 2. The molecule has 29 heavy (non-hydrogen) atoms. The number of benzene rings is 1. The molecule has 1 aromatic heterocycles. The first-order chi connectivity index (χ1) is 13.7. The summed E-state index contributed by atoms with van der Waals surface area (Å²) in [5.74, 6) is -0.0419. The van der Waals surface area contributed by atoms with Crippen LogP contribution < -0.4 is 0 Å². The Morgan fingerprint density at radius 1 is 1.10 bits per heavy atom. The van der Waals surface area contributed by atoms with Crippen molar-refractivity contribution < 1.29 is 14.7 Å². The Bertz CT molecular complexity index is 841. The van der Waals surface area contributed by atoms with Crippen LogP contribution in [-0.4, -0.2) is 44.6 Å². The number of hydrogen-bond donors (Lipinski definition) is 1. The van der Waals surface area contributed by atoms with Gasteiger partial charge in [0.15, 0.2) is 5.78 Å². The number of carbonyl (C=O) groups is 2. The maximum absolute atomic E-state index is 13.0. The normalized spacial score (nSPS) is 11.8. The van der Waals surface area contributed by atoms with Crippen LogP contribution in [0.3, 0.4) is 0 Å². The number of aliphatic hydroxyl groups is 1. The predicted molar refractivity (Wildman–Crippen MR) is 116 cm³/mol. The number of hydrogen-bond acceptors (Lipinski definition) is 4. The van der Waals surface area contributed by atoms with Gasteiger partial charge in [-0.15, -0.1) is 0 Å². The molecule has 1 N–H and O–H groups in total. The van der Waals surface area contributed by atoms with Crippen LogP contribution in [0, 0.1) is 5.41 Å². The number of nitrogens with zero attached hydrogens (tertiary/aromatic N) is 3. The largest absolute Gasteiger partial charge is 0.392 e. The van der Waals surface area contributed by atoms with E-state index >= 15 is 0 Å². The first-order valence-corrected chi connectivity index (χ1v) is 10.7. The lowest BCUT2D eigenvalue weighted by Gasteiger charge is -2.22. The molecular formula is C23H35N3O3. The second-order valence-electron chi connectivity index (χ2n) is 8.68. The highest BCUT2D eigenvalue weighted by Crippen LogP contribution is 2.27. The van der Waals surface area contributed by atoms with E-state index in [1.165, 1.54) is 0 Å². The van der Waals surface area contributed by atoms with Crippen molar-refractivity contribution in [3.05, 3.63) is 29.5 Å². The summed E-state index contributed by atoms with van der Waals surface area (Å²) in [6, 6.07) is 5.43. The Kier molecular flexibility index (Phi) is 7.96. The Morgan fingerprint density at radius 2 is 1.72 bits per heavy atom. The van der Waals surface area contributed by atoms with Gasteiger partial charge in [0.1, 0.15) is 12.2 Å². The smallest absolute Gasteiger partial charge is 0.244 e. The van der Waals surface area contributed by atoms with Gasteiger partial charge in [-0.05, 0) is 24.5 Å². The van der Waals surface area contributed by atoms with E-state index in [0.717, 1.165) is 49.7 Å². The quantitative estimate of drug-likeness (QED) is 0.606. The molecule has 0 saturated carbocycles. The molecule has 0 fully saturated rings. The fourth-order valence-corrected chi connectivity index (χ4v) is 3.25. The first kappa shape index (κ1) is 23.1. The second kappa shape index (κ2) is 10.0. The van der Waals surface area contributed by atoms with Crippen molar-refractivity contribution in [2.75, 3.05) is 13.1 Å². The van der Waals surface area contributed by atoms with Crippen molar-refractivity contribution in [2.45, 2.75) is 73.5 Å². The highest BCUT2D eigenvalue weighted by Gasteiger charge is 2.28. The zero-order valence-electron chi connectivity index (χ0n) is 18.5. The SMILES string of the molecule is CCCCN(CCCC)C(=O)Cn1nc(C(=O)C(C)(C)C)c2ccc(CO)cc21. The molecule has 6 nitrogen and oxygen atoms in total. The van der Waals surface area contributed by atoms with Crippen LogP contribution in [0.15, 0.2) is 18.2 Å². The van der Waals surface area contributed by atoms with Gasteiger partial charge in [0.25, 0.3) is 0 Å². The molecule has 0 atom stereocenters. The summed E-state index contributed by atoms with van der Waals surface area (Å²) in [5.41, 5.74) is 1.26. The lowest BCUT2D eigenvalue weighted by molar-refractivity contribution is -0.132. The summed E-state index contributed by atoms with van der Waals surface area (Å²) in [7, 11) is 0. The molecule has 2 rings (SSSR count). The van der Waals surface area contributed by atoms with Crippen molar-refractivity contribution in [1.29, 1.82) is 0 Å². The van der Waals surface area contributed by atoms with E-state index in [4.69, 9.17) is 0 Å². The predicted octanol–water partition coefficient (Wildman–Crippen LogP) is 4.19. The van der Waals surface area contributed by atoms with Crippen molar-refractivity contribution in [1.82, 2.24) is 14.7 Å². The zero-order valence-corrected chi connectivity index (χ0v) is 18.5. The number of ketones is 1. The third-order valence-electron chi connectivity index (χ3n) is 5.10. The number of fused-ring (bicyclic) bond motifs is 1. The molecule has 0 radical (unpaired) electrons. The second-order valence-corrected chi connectivity index (χ2v) is 8.68. The van der Waals surface area contributed by atoms with Crippen LogP contribution in [0.2, 0.25) is 0 Å². The lowest BCUT2D eigenvalue weighted by atomic mass is 9.88. The topological polar surface area (TPSA) is 75.4 Å². The molecule has 160 valence electrons. The molecule has 0 aliphatic carbocycles. The Morgan fingerprint density at radius 3 is 2.24 bits per heavy atom. The van der Waals surface area contributed by atoms with E-state index in [2.05, 4.69) is 18.9 Å². The van der Waals surface area contributed by atoms with Gasteiger partial charge in [0.2, 0.25) is 5.91 Å². The average Bonchev–Trinajstić information content (AvgIpc) is 3.04. The summed E-state index contributed by atoms with van der Waals surface area (Å²) in [5, 5.41) is 14.8. The minimum Gasteiger partial charge on any atom is -0.392 e. The van der Waals surface area contributed by atoms with Crippen molar-refractivity contribution in [3.8, 4) is 0 Å². The molecule has 6 heteroatoms. The van der Waals surface area contributed by atoms with Crippen LogP contribution >= 0.6 is 0 Å². The standard InChI is InChI=1S/C23H35N3O3/c1-6-8-12-25(13-9-7-2)20(28)15-26-19-14-17(16-27)10-11-18(19)21(24-26)22(29)23(3,4)5/h10-11,14,27H,6-9,12-13,15-16H2,1-5H3. The highest BCUT2D eigenvalue weighted by molar-refractivity contribution is 6.08. The summed E-state index contributed by atoms with van der Waals surface area (Å²) >= 11 is 0. The van der Waals surface area contributed by atoms with Crippen molar-refractivity contribution in [2.24, 2.45) is 5.41 Å². The van der Waals surface area contributed by atoms with E-state index in [0.29, 0.717) is 11.2 Å². The van der Waals surface area contributed by atoms with Gasteiger partial charge in [-0.2, -0.15) is 5.10 Å². The Hall–Kier alpha value is -2.21. The van der Waals surface area contributed by atoms with Gasteiger partial charge in [-0.3, -0.25) is 14.3 Å². The minimum absolute atomic E-state index is 0.0143. The van der Waals surface area contributed by atoms with E-state index in [9.17, 15) is 14.7 Å². The molecule has 1 heterocycles. The summed E-state index contributed by atoms with van der Waals surface area (Å²) in [4.78, 5) is 27.9. The summed E-state index contributed by atoms with van der Waals surface area (Å²) in [6.07, 6.45) is 4.00. The van der Waals surface area contributed by atoms with Crippen LogP contribution in [0.1, 0.15) is 76.4 Å². The molecule has 0 unspecified atom stereocenters. The van der Waals surface area contributed by atoms with E-state index < -0.39 is 5.41 Å². The monoisotopic (exact) mass is 401 g/mol. The molecule has 0 bridgehead atoms. The molecule has 0 spiro atoms. The number of carbonyl (C=O) groups excluding carboxylic acids is 2. The molecular weight excluding hydrogens is 366 g/mol. The van der Waals surface area contributed by atoms with Crippen LogP contribution in [0.5, 0.6) is 0 Å². The zero-order chi connectivity index (χ0) is 21.6. The van der Waals surface area contributed by atoms with Crippen LogP contribution in [0.25, 0.3) is 10.9 Å². The summed E-state index contributed by atoms with van der Waals surface area (Å²) in [6.45, 7) is 11.3. The van der Waals surface area contributed by atoms with Gasteiger partial charge < -0.3 is 10.0 Å². The van der Waals surface area contributed by atoms with Crippen molar-refractivity contribution in [3.63, 3.8) is 0 Å². The third kappa shape index (κ3) is 5.66. The van der Waals surface area contributed by atoms with E-state index in [-0.39, 0.29) is 24.8 Å². The van der Waals surface area contributed by atoms with Crippen molar-refractivity contribution >= 4 is 22.6 Å². The van der Waals surface area contributed by atoms with Gasteiger partial charge in [-0.1, -0.05) is 59.6 Å². The maximum Gasteiger partial charge on any atom is 0.244 e. The summed E-state index contributed by atoms with van der Waals surface area (Å²) < 4.78 is 1.63. The van der Waals surface area contributed by atoms with Gasteiger partial charge in [0, 0.05) is 23.9 Å². The lowest BCUT2D eigenvalue weighted by Crippen LogP contribution is -2.35. The number of rotatable bonds is 10. The number of amides is 1. The van der Waals surface area contributed by atoms with E-state index in [1.807, 2.05) is 37.8 Å². The van der Waals surface area contributed by atoms with Gasteiger partial charge >= 0.3 is 0 Å². The average molecular weight is 402 g/mol. The minimum atomic E-state index is -0.569.